The topological polar surface area (TPSA) is 113 Å². The number of H-pyrrole nitrogens is 1. The number of hydrogen-bond acceptors (Lipinski definition) is 6. The molecular weight excluding hydrogens is 544 g/mol. The lowest BCUT2D eigenvalue weighted by atomic mass is 9.76. The molecule has 41 heavy (non-hydrogen) atoms. The van der Waals surface area contributed by atoms with E-state index in [1.807, 2.05) is 43.5 Å². The number of fused-ring (bicyclic) bond motifs is 6. The van der Waals surface area contributed by atoms with E-state index in [0.717, 1.165) is 27.6 Å². The van der Waals surface area contributed by atoms with Gasteiger partial charge in [0.05, 0.1) is 18.4 Å². The number of nitrogens with zero attached hydrogens (tertiary/aromatic N) is 1. The van der Waals surface area contributed by atoms with Gasteiger partial charge in [-0.3, -0.25) is 24.6 Å². The van der Waals surface area contributed by atoms with Gasteiger partial charge in [-0.2, -0.15) is 0 Å². The van der Waals surface area contributed by atoms with Crippen LogP contribution >= 0.6 is 11.6 Å². The molecule has 2 saturated heterocycles. The Morgan fingerprint density at radius 2 is 1.85 bits per heavy atom. The minimum atomic E-state index is -1.43. The molecular formula is C31H25ClN4O5. The molecule has 2 fully saturated rings. The Morgan fingerprint density at radius 3 is 2.73 bits per heavy atom. The number of aryl methyl sites for hydroxylation is 1. The Balaban J connectivity index is 1.23. The normalized spacial score (nSPS) is 25.9. The van der Waals surface area contributed by atoms with Gasteiger partial charge in [0.2, 0.25) is 24.5 Å². The van der Waals surface area contributed by atoms with Crippen LogP contribution in [0.25, 0.3) is 10.9 Å². The molecule has 4 aromatic rings. The van der Waals surface area contributed by atoms with E-state index in [2.05, 4.69) is 15.6 Å². The number of nitrogens with one attached hydrogen (secondary N) is 3. The number of amides is 3. The third kappa shape index (κ3) is 3.36. The summed E-state index contributed by atoms with van der Waals surface area (Å²) in [7, 11) is 0. The highest BCUT2D eigenvalue weighted by molar-refractivity contribution is 6.31. The first-order chi connectivity index (χ1) is 19.8. The zero-order chi connectivity index (χ0) is 28.0. The van der Waals surface area contributed by atoms with E-state index in [1.54, 1.807) is 24.3 Å². The first-order valence-electron chi connectivity index (χ1n) is 13.5. The number of anilines is 1. The number of ether oxygens (including phenoxy) is 2. The van der Waals surface area contributed by atoms with E-state index in [4.69, 9.17) is 21.1 Å². The zero-order valence-electron chi connectivity index (χ0n) is 22.0. The molecule has 5 heterocycles. The van der Waals surface area contributed by atoms with Gasteiger partial charge < -0.3 is 19.8 Å². The highest BCUT2D eigenvalue weighted by Gasteiger charge is 2.70. The van der Waals surface area contributed by atoms with Crippen LogP contribution < -0.4 is 20.1 Å². The van der Waals surface area contributed by atoms with Crippen LogP contribution in [0.2, 0.25) is 5.02 Å². The number of para-hydroxylation sites is 1. The van der Waals surface area contributed by atoms with Crippen LogP contribution in [-0.4, -0.2) is 40.4 Å². The summed E-state index contributed by atoms with van der Waals surface area (Å²) in [5.41, 5.74) is 3.33. The van der Waals surface area contributed by atoms with Gasteiger partial charge in [0.1, 0.15) is 5.54 Å². The molecule has 206 valence electrons. The molecule has 1 aromatic heterocycles. The van der Waals surface area contributed by atoms with E-state index < -0.39 is 23.4 Å². The first-order valence-corrected chi connectivity index (χ1v) is 13.9. The number of hydrogen-bond donors (Lipinski definition) is 3. The summed E-state index contributed by atoms with van der Waals surface area (Å²) in [6, 6.07) is 16.4. The highest BCUT2D eigenvalue weighted by atomic mass is 35.5. The van der Waals surface area contributed by atoms with E-state index in [0.29, 0.717) is 34.2 Å². The maximum absolute atomic E-state index is 14.3. The third-order valence-electron chi connectivity index (χ3n) is 8.97. The fourth-order valence-corrected chi connectivity index (χ4v) is 7.46. The second kappa shape index (κ2) is 8.58. The van der Waals surface area contributed by atoms with Crippen molar-refractivity contribution in [2.45, 2.75) is 31.5 Å². The van der Waals surface area contributed by atoms with Crippen LogP contribution in [-0.2, 0) is 32.9 Å². The Hall–Kier alpha value is -4.34. The predicted molar refractivity (Wildman–Crippen MR) is 151 cm³/mol. The van der Waals surface area contributed by atoms with Crippen LogP contribution in [0.1, 0.15) is 22.3 Å². The molecule has 4 aliphatic heterocycles. The number of aromatic nitrogens is 1. The fraction of sp³-hybridized carbons (Fsp3) is 0.258. The second-order valence-electron chi connectivity index (χ2n) is 11.2. The molecule has 3 amide bonds. The number of benzene rings is 3. The minimum absolute atomic E-state index is 0.0697. The second-order valence-corrected chi connectivity index (χ2v) is 11.6. The van der Waals surface area contributed by atoms with E-state index in [9.17, 15) is 14.4 Å². The van der Waals surface area contributed by atoms with Gasteiger partial charge in [-0.15, -0.1) is 0 Å². The lowest BCUT2D eigenvalue weighted by molar-refractivity contribution is -0.143. The largest absolute Gasteiger partial charge is 0.454 e. The number of rotatable bonds is 4. The standard InChI is InChI=1S/C31H25ClN4O5/c1-15-8-18(32)11-20-27(15)34-30(39)31(20)26-25(22(35-31)10-17-12-33-21-5-3-2-4-19(17)21)28(37)36(29(26)38)13-16-6-7-23-24(9-16)41-14-40-23/h2-9,11-12,22,25-26,33,35H,10,13-14H2,1H3,(H,34,39)/t22-,25+,26-,31-/m0/s1. The molecule has 9 nitrogen and oxygen atoms in total. The van der Waals surface area contributed by atoms with Crippen molar-refractivity contribution in [3.05, 3.63) is 88.1 Å². The van der Waals surface area contributed by atoms with Crippen LogP contribution in [0.3, 0.4) is 0 Å². The van der Waals surface area contributed by atoms with Gasteiger partial charge in [-0.05, 0) is 60.4 Å². The van der Waals surface area contributed by atoms with Gasteiger partial charge in [0.25, 0.3) is 0 Å². The van der Waals surface area contributed by atoms with Gasteiger partial charge in [0.15, 0.2) is 11.5 Å². The summed E-state index contributed by atoms with van der Waals surface area (Å²) in [5.74, 6) is -1.51. The molecule has 0 unspecified atom stereocenters. The summed E-state index contributed by atoms with van der Waals surface area (Å²) in [6.07, 6.45) is 2.38. The molecule has 0 saturated carbocycles. The van der Waals surface area contributed by atoms with Crippen LogP contribution in [0.5, 0.6) is 11.5 Å². The van der Waals surface area contributed by atoms with Crippen LogP contribution in [0.15, 0.2) is 60.8 Å². The average molecular weight is 569 g/mol. The van der Waals surface area contributed by atoms with E-state index in [1.165, 1.54) is 4.90 Å². The Labute approximate surface area is 239 Å². The minimum Gasteiger partial charge on any atom is -0.454 e. The monoisotopic (exact) mass is 568 g/mol. The fourth-order valence-electron chi connectivity index (χ4n) is 7.18. The van der Waals surface area contributed by atoms with Crippen molar-refractivity contribution in [1.29, 1.82) is 0 Å². The van der Waals surface area contributed by atoms with Crippen LogP contribution in [0.4, 0.5) is 5.69 Å². The summed E-state index contributed by atoms with van der Waals surface area (Å²) in [6.45, 7) is 2.07. The molecule has 8 rings (SSSR count). The molecule has 3 N–H and O–H groups in total. The number of halogens is 1. The molecule has 0 bridgehead atoms. The van der Waals surface area contributed by atoms with Crippen LogP contribution in [0, 0.1) is 18.8 Å². The van der Waals surface area contributed by atoms with E-state index in [-0.39, 0.29) is 31.1 Å². The van der Waals surface area contributed by atoms with Gasteiger partial charge in [-0.25, -0.2) is 0 Å². The number of carbonyl (C=O) groups is 3. The van der Waals surface area contributed by atoms with Crippen molar-refractivity contribution in [1.82, 2.24) is 15.2 Å². The first kappa shape index (κ1) is 24.5. The van der Waals surface area contributed by atoms with Gasteiger partial charge in [0, 0.05) is 39.4 Å². The van der Waals surface area contributed by atoms with Crippen molar-refractivity contribution in [3.63, 3.8) is 0 Å². The van der Waals surface area contributed by atoms with Crippen molar-refractivity contribution >= 4 is 45.9 Å². The third-order valence-corrected chi connectivity index (χ3v) is 9.19. The molecule has 0 aliphatic carbocycles. The summed E-state index contributed by atoms with van der Waals surface area (Å²) in [5, 5.41) is 8.02. The lowest BCUT2D eigenvalue weighted by Gasteiger charge is -2.29. The SMILES string of the molecule is Cc1cc(Cl)cc2c1NC(=O)[C@]21N[C@@H](Cc2c[nH]c3ccccc23)[C@H]2C(=O)N(Cc3ccc4c(c3)OCO4)C(=O)[C@H]21. The summed E-state index contributed by atoms with van der Waals surface area (Å²) in [4.78, 5) is 47.0. The lowest BCUT2D eigenvalue weighted by Crippen LogP contribution is -2.53. The molecule has 0 radical (unpaired) electrons. The quantitative estimate of drug-likeness (QED) is 0.321. The number of imide groups is 1. The highest BCUT2D eigenvalue weighted by Crippen LogP contribution is 2.54. The number of aromatic amines is 1. The Bertz CT molecular complexity index is 1820. The maximum atomic E-state index is 14.3. The molecule has 1 spiro atoms. The van der Waals surface area contributed by atoms with Crippen molar-refractivity contribution < 1.29 is 23.9 Å². The van der Waals surface area contributed by atoms with Crippen molar-refractivity contribution in [2.24, 2.45) is 11.8 Å². The Kier molecular flexibility index (Phi) is 5.12. The molecule has 3 aromatic carbocycles. The zero-order valence-corrected chi connectivity index (χ0v) is 22.7. The number of carbonyl (C=O) groups excluding carboxylic acids is 3. The smallest absolute Gasteiger partial charge is 0.250 e. The molecule has 4 atom stereocenters. The van der Waals surface area contributed by atoms with E-state index >= 15 is 0 Å². The molecule has 4 aliphatic rings. The maximum Gasteiger partial charge on any atom is 0.250 e. The molecule has 10 heteroatoms. The van der Waals surface area contributed by atoms with Crippen molar-refractivity contribution in [3.8, 4) is 11.5 Å². The van der Waals surface area contributed by atoms with Gasteiger partial charge in [-0.1, -0.05) is 35.9 Å². The predicted octanol–water partition coefficient (Wildman–Crippen LogP) is 4.02. The van der Waals surface area contributed by atoms with Gasteiger partial charge >= 0.3 is 0 Å². The number of likely N-dealkylation sites (tertiary alicyclic amines) is 1. The summed E-state index contributed by atoms with van der Waals surface area (Å²) >= 11 is 6.49. The van der Waals surface area contributed by atoms with Crippen molar-refractivity contribution in [2.75, 3.05) is 12.1 Å². The summed E-state index contributed by atoms with van der Waals surface area (Å²) < 4.78 is 10.9. The Morgan fingerprint density at radius 1 is 1.02 bits per heavy atom. The average Bonchev–Trinajstić information content (AvgIpc) is 3.75.